The first-order valence-electron chi connectivity index (χ1n) is 7.72. The Hall–Kier alpha value is -3.28. The van der Waals surface area contributed by atoms with E-state index in [0.717, 1.165) is 17.1 Å². The van der Waals surface area contributed by atoms with Crippen LogP contribution in [0.2, 0.25) is 0 Å². The number of ether oxygens (including phenoxy) is 2. The van der Waals surface area contributed by atoms with Gasteiger partial charge in [-0.3, -0.25) is 4.79 Å². The number of aromatic nitrogens is 1. The van der Waals surface area contributed by atoms with E-state index in [4.69, 9.17) is 14.0 Å². The second-order valence-corrected chi connectivity index (χ2v) is 5.37. The topological polar surface area (TPSA) is 73.6 Å². The first kappa shape index (κ1) is 16.6. The van der Waals surface area contributed by atoms with Crippen LogP contribution < -0.4 is 14.8 Å². The lowest BCUT2D eigenvalue weighted by Crippen LogP contribution is -2.14. The minimum atomic E-state index is -0.171. The molecule has 1 heterocycles. The van der Waals surface area contributed by atoms with Gasteiger partial charge in [-0.25, -0.2) is 0 Å². The van der Waals surface area contributed by atoms with Gasteiger partial charge in [0.25, 0.3) is 0 Å². The third-order valence-electron chi connectivity index (χ3n) is 3.63. The van der Waals surface area contributed by atoms with E-state index in [1.807, 2.05) is 24.3 Å². The van der Waals surface area contributed by atoms with Crippen LogP contribution in [0, 0.1) is 0 Å². The standard InChI is InChI=1S/C19H18N2O4/c1-23-16-8-6-14(7-9-16)20-19(22)12-15-11-18(25-21-15)13-4-3-5-17(10-13)24-2/h3-11H,12H2,1-2H3,(H,20,22). The first-order chi connectivity index (χ1) is 12.2. The highest BCUT2D eigenvalue weighted by Gasteiger charge is 2.11. The van der Waals surface area contributed by atoms with E-state index in [-0.39, 0.29) is 12.3 Å². The number of nitrogens with zero attached hydrogens (tertiary/aromatic N) is 1. The Morgan fingerprint density at radius 2 is 1.80 bits per heavy atom. The van der Waals surface area contributed by atoms with Crippen molar-refractivity contribution < 1.29 is 18.8 Å². The summed E-state index contributed by atoms with van der Waals surface area (Å²) in [5, 5.41) is 6.77. The van der Waals surface area contributed by atoms with Crippen molar-refractivity contribution in [2.75, 3.05) is 19.5 Å². The third kappa shape index (κ3) is 4.17. The Balaban J connectivity index is 1.64. The average molecular weight is 338 g/mol. The Morgan fingerprint density at radius 3 is 2.52 bits per heavy atom. The number of carbonyl (C=O) groups excluding carboxylic acids is 1. The Kier molecular flexibility index (Phi) is 4.99. The number of nitrogens with one attached hydrogen (secondary N) is 1. The van der Waals surface area contributed by atoms with Gasteiger partial charge in [0.1, 0.15) is 11.5 Å². The highest BCUT2D eigenvalue weighted by atomic mass is 16.5. The van der Waals surface area contributed by atoms with E-state index in [1.54, 1.807) is 44.6 Å². The zero-order valence-corrected chi connectivity index (χ0v) is 14.0. The van der Waals surface area contributed by atoms with Crippen molar-refractivity contribution in [3.8, 4) is 22.8 Å². The number of hydrogen-bond acceptors (Lipinski definition) is 5. The lowest BCUT2D eigenvalue weighted by molar-refractivity contribution is -0.115. The molecule has 128 valence electrons. The van der Waals surface area contributed by atoms with Gasteiger partial charge in [0.2, 0.25) is 5.91 Å². The van der Waals surface area contributed by atoms with Crippen LogP contribution in [0.25, 0.3) is 11.3 Å². The molecule has 0 bridgehead atoms. The Bertz CT molecular complexity index is 856. The van der Waals surface area contributed by atoms with Gasteiger partial charge in [-0.2, -0.15) is 0 Å². The first-order valence-corrected chi connectivity index (χ1v) is 7.72. The summed E-state index contributed by atoms with van der Waals surface area (Å²) >= 11 is 0. The van der Waals surface area contributed by atoms with Gasteiger partial charge in [-0.15, -0.1) is 0 Å². The molecule has 2 aromatic carbocycles. The van der Waals surface area contributed by atoms with Crippen LogP contribution in [0.4, 0.5) is 5.69 Å². The van der Waals surface area contributed by atoms with Crippen LogP contribution in [0.1, 0.15) is 5.69 Å². The molecule has 0 aliphatic heterocycles. The fraction of sp³-hybridized carbons (Fsp3) is 0.158. The summed E-state index contributed by atoms with van der Waals surface area (Å²) in [6.07, 6.45) is 0.125. The number of anilines is 1. The van der Waals surface area contributed by atoms with Crippen molar-refractivity contribution in [3.63, 3.8) is 0 Å². The van der Waals surface area contributed by atoms with E-state index >= 15 is 0 Å². The van der Waals surface area contributed by atoms with Crippen molar-refractivity contribution in [1.29, 1.82) is 0 Å². The summed E-state index contributed by atoms with van der Waals surface area (Å²) in [5.41, 5.74) is 2.10. The minimum absolute atomic E-state index is 0.125. The molecular weight excluding hydrogens is 320 g/mol. The summed E-state index contributed by atoms with van der Waals surface area (Å²) < 4.78 is 15.6. The zero-order chi connectivity index (χ0) is 17.6. The predicted molar refractivity (Wildman–Crippen MR) is 93.8 cm³/mol. The molecule has 3 rings (SSSR count). The quantitative estimate of drug-likeness (QED) is 0.744. The molecule has 0 saturated heterocycles. The van der Waals surface area contributed by atoms with Gasteiger partial charge in [0.05, 0.1) is 26.3 Å². The number of benzene rings is 2. The van der Waals surface area contributed by atoms with Crippen molar-refractivity contribution in [2.45, 2.75) is 6.42 Å². The molecule has 1 N–H and O–H groups in total. The molecule has 0 atom stereocenters. The maximum Gasteiger partial charge on any atom is 0.230 e. The monoisotopic (exact) mass is 338 g/mol. The van der Waals surface area contributed by atoms with Crippen LogP contribution in [0.3, 0.4) is 0 Å². The molecule has 1 aromatic heterocycles. The highest BCUT2D eigenvalue weighted by molar-refractivity contribution is 5.92. The number of hydrogen-bond donors (Lipinski definition) is 1. The molecule has 6 heteroatoms. The van der Waals surface area contributed by atoms with Gasteiger partial charge in [0.15, 0.2) is 5.76 Å². The summed E-state index contributed by atoms with van der Waals surface area (Å²) in [7, 11) is 3.20. The Labute approximate surface area is 145 Å². The van der Waals surface area contributed by atoms with E-state index in [0.29, 0.717) is 17.1 Å². The van der Waals surface area contributed by atoms with Crippen LogP contribution in [-0.4, -0.2) is 25.3 Å². The van der Waals surface area contributed by atoms with Crippen molar-refractivity contribution in [3.05, 3.63) is 60.3 Å². The Morgan fingerprint density at radius 1 is 1.04 bits per heavy atom. The number of amides is 1. The van der Waals surface area contributed by atoms with Crippen molar-refractivity contribution in [2.24, 2.45) is 0 Å². The molecule has 0 radical (unpaired) electrons. The average Bonchev–Trinajstić information content (AvgIpc) is 3.10. The highest BCUT2D eigenvalue weighted by Crippen LogP contribution is 2.24. The van der Waals surface area contributed by atoms with Crippen molar-refractivity contribution >= 4 is 11.6 Å². The molecule has 0 unspecified atom stereocenters. The van der Waals surface area contributed by atoms with Crippen LogP contribution in [-0.2, 0) is 11.2 Å². The number of methoxy groups -OCH3 is 2. The van der Waals surface area contributed by atoms with E-state index < -0.39 is 0 Å². The smallest absolute Gasteiger partial charge is 0.230 e. The maximum atomic E-state index is 12.1. The fourth-order valence-electron chi connectivity index (χ4n) is 2.35. The molecule has 3 aromatic rings. The van der Waals surface area contributed by atoms with Crippen LogP contribution >= 0.6 is 0 Å². The minimum Gasteiger partial charge on any atom is -0.497 e. The van der Waals surface area contributed by atoms with Gasteiger partial charge >= 0.3 is 0 Å². The third-order valence-corrected chi connectivity index (χ3v) is 3.63. The summed E-state index contributed by atoms with van der Waals surface area (Å²) in [6.45, 7) is 0. The molecular formula is C19H18N2O4. The molecule has 0 saturated carbocycles. The molecule has 1 amide bonds. The summed E-state index contributed by atoms with van der Waals surface area (Å²) in [6, 6.07) is 16.3. The van der Waals surface area contributed by atoms with Crippen LogP contribution in [0.5, 0.6) is 11.5 Å². The molecule has 6 nitrogen and oxygen atoms in total. The summed E-state index contributed by atoms with van der Waals surface area (Å²) in [4.78, 5) is 12.1. The largest absolute Gasteiger partial charge is 0.497 e. The van der Waals surface area contributed by atoms with E-state index in [1.165, 1.54) is 0 Å². The van der Waals surface area contributed by atoms with Gasteiger partial charge < -0.3 is 19.3 Å². The fourth-order valence-corrected chi connectivity index (χ4v) is 2.35. The molecule has 0 aliphatic carbocycles. The number of carbonyl (C=O) groups is 1. The van der Waals surface area contributed by atoms with Gasteiger partial charge in [-0.05, 0) is 36.4 Å². The second-order valence-electron chi connectivity index (χ2n) is 5.37. The van der Waals surface area contributed by atoms with Gasteiger partial charge in [-0.1, -0.05) is 17.3 Å². The van der Waals surface area contributed by atoms with Crippen LogP contribution in [0.15, 0.2) is 59.1 Å². The zero-order valence-electron chi connectivity index (χ0n) is 14.0. The predicted octanol–water partition coefficient (Wildman–Crippen LogP) is 3.54. The molecule has 0 spiro atoms. The molecule has 0 fully saturated rings. The SMILES string of the molecule is COc1ccc(NC(=O)Cc2cc(-c3cccc(OC)c3)on2)cc1. The second kappa shape index (κ2) is 7.53. The summed E-state index contributed by atoms with van der Waals surface area (Å²) in [5.74, 6) is 1.88. The lowest BCUT2D eigenvalue weighted by Gasteiger charge is -2.05. The molecule has 25 heavy (non-hydrogen) atoms. The lowest BCUT2D eigenvalue weighted by atomic mass is 10.1. The maximum absolute atomic E-state index is 12.1. The molecule has 0 aliphatic rings. The van der Waals surface area contributed by atoms with E-state index in [9.17, 15) is 4.79 Å². The van der Waals surface area contributed by atoms with Crippen molar-refractivity contribution in [1.82, 2.24) is 5.16 Å². The normalized spacial score (nSPS) is 10.3. The van der Waals surface area contributed by atoms with Gasteiger partial charge in [0, 0.05) is 17.3 Å². The number of rotatable bonds is 6. The van der Waals surface area contributed by atoms with E-state index in [2.05, 4.69) is 10.5 Å².